The number of hydrogen-bond donors (Lipinski definition) is 0. The summed E-state index contributed by atoms with van der Waals surface area (Å²) in [6.45, 7) is 19.2. The highest BCUT2D eigenvalue weighted by Crippen LogP contribution is 2.39. The Morgan fingerprint density at radius 2 is 1.13 bits per heavy atom. The average molecular weight is 886 g/mol. The standard InChI is InChI=1S/C61H57N5O/c1-59(2,3)44-32-33-62-56(37-44)66-54-29-17-16-26-52(54)53-31-30-49(39-55(53)66)67-48-25-18-24-47(38-48)65-40-64(58(63-65)43-34-45(60(4,5)6)36-46(35-43)61(7,8)9)57-50(41-20-12-10-13-21-41)27-19-28-51(57)42-22-14-11-15-23-42/h10-39H,1-9H3/i10D,11D,12D,13D,14D,15D,20D,21D,22D,23D. The van der Waals surface area contributed by atoms with Gasteiger partial charge in [-0.15, -0.1) is 0 Å². The van der Waals surface area contributed by atoms with E-state index in [2.05, 4.69) is 104 Å². The molecule has 0 N–H and O–H groups in total. The summed E-state index contributed by atoms with van der Waals surface area (Å²) in [5, 5.41) is 7.38. The molecular formula is C61H57N5O. The van der Waals surface area contributed by atoms with Crippen molar-refractivity contribution in [3.63, 3.8) is 0 Å². The summed E-state index contributed by atoms with van der Waals surface area (Å²) in [5.74, 6) is 2.12. The molecule has 3 heterocycles. The molecule has 0 unspecified atom stereocenters. The van der Waals surface area contributed by atoms with Crippen LogP contribution in [0.4, 0.5) is 0 Å². The molecule has 6 nitrogen and oxygen atoms in total. The first kappa shape index (κ1) is 33.0. The molecule has 332 valence electrons. The molecule has 0 saturated heterocycles. The highest BCUT2D eigenvalue weighted by molar-refractivity contribution is 6.09. The van der Waals surface area contributed by atoms with E-state index >= 15 is 0 Å². The Labute approximate surface area is 408 Å². The molecular weight excluding hydrogens is 819 g/mol. The van der Waals surface area contributed by atoms with Crippen LogP contribution in [-0.4, -0.2) is 19.3 Å². The zero-order valence-corrected chi connectivity index (χ0v) is 39.2. The van der Waals surface area contributed by atoms with Crippen LogP contribution in [0.15, 0.2) is 182 Å². The van der Waals surface area contributed by atoms with Gasteiger partial charge in [-0.1, -0.05) is 189 Å². The van der Waals surface area contributed by atoms with Crippen molar-refractivity contribution in [2.24, 2.45) is 0 Å². The fraction of sp³-hybridized carbons (Fsp3) is 0.197. The van der Waals surface area contributed by atoms with Gasteiger partial charge < -0.3 is 9.30 Å². The number of fused-ring (bicyclic) bond motifs is 3. The molecule has 3 aromatic heterocycles. The molecule has 0 saturated carbocycles. The van der Waals surface area contributed by atoms with Gasteiger partial charge in [-0.05, 0) is 103 Å². The smallest absolute Gasteiger partial charge is 0.231 e. The molecule has 67 heavy (non-hydrogen) atoms. The number of aromatic nitrogens is 5. The maximum atomic E-state index is 9.22. The first-order chi connectivity index (χ1) is 36.2. The van der Waals surface area contributed by atoms with Crippen LogP contribution in [0.2, 0.25) is 0 Å². The van der Waals surface area contributed by atoms with Gasteiger partial charge >= 0.3 is 0 Å². The number of para-hydroxylation sites is 2. The number of hydrogen-bond acceptors (Lipinski definition) is 3. The van der Waals surface area contributed by atoms with Gasteiger partial charge in [0.15, 0.2) is 0 Å². The van der Waals surface area contributed by atoms with E-state index in [-0.39, 0.29) is 44.2 Å². The van der Waals surface area contributed by atoms with Gasteiger partial charge in [0.1, 0.15) is 17.3 Å². The van der Waals surface area contributed by atoms with Crippen molar-refractivity contribution in [2.45, 2.75) is 78.6 Å². The molecule has 0 bridgehead atoms. The third-order valence-corrected chi connectivity index (χ3v) is 12.1. The van der Waals surface area contributed by atoms with Crippen molar-refractivity contribution in [3.05, 3.63) is 205 Å². The summed E-state index contributed by atoms with van der Waals surface area (Å²) in [7, 11) is 0. The Morgan fingerprint density at radius 3 is 1.78 bits per heavy atom. The zero-order valence-electron chi connectivity index (χ0n) is 49.2. The lowest BCUT2D eigenvalue weighted by molar-refractivity contribution is -0.587. The van der Waals surface area contributed by atoms with Crippen LogP contribution in [0, 0.1) is 6.33 Å². The highest BCUT2D eigenvalue weighted by Gasteiger charge is 2.26. The lowest BCUT2D eigenvalue weighted by Crippen LogP contribution is -2.33. The van der Waals surface area contributed by atoms with Crippen molar-refractivity contribution in [1.82, 2.24) is 19.3 Å². The van der Waals surface area contributed by atoms with Crippen LogP contribution in [0.3, 0.4) is 0 Å². The molecule has 0 aliphatic rings. The summed E-state index contributed by atoms with van der Waals surface area (Å²) in [5.41, 5.74) is 5.42. The van der Waals surface area contributed by atoms with Crippen LogP contribution < -0.4 is 9.30 Å². The molecule has 7 aromatic carbocycles. The topological polar surface area (TPSA) is 48.8 Å². The predicted octanol–water partition coefficient (Wildman–Crippen LogP) is 15.1. The zero-order chi connectivity index (χ0) is 55.4. The van der Waals surface area contributed by atoms with E-state index in [1.54, 1.807) is 22.8 Å². The minimum atomic E-state index is -0.583. The summed E-state index contributed by atoms with van der Waals surface area (Å²) >= 11 is 0. The van der Waals surface area contributed by atoms with Gasteiger partial charge in [0, 0.05) is 34.3 Å². The number of ether oxygens (including phenoxy) is 1. The molecule has 0 aliphatic carbocycles. The maximum Gasteiger partial charge on any atom is 0.231 e. The molecule has 0 spiro atoms. The Balaban J connectivity index is 1.22. The monoisotopic (exact) mass is 886 g/mol. The quantitative estimate of drug-likeness (QED) is 0.113. The lowest BCUT2D eigenvalue weighted by Gasteiger charge is -2.26. The summed E-state index contributed by atoms with van der Waals surface area (Å²) < 4.78 is 101. The van der Waals surface area contributed by atoms with Crippen LogP contribution in [0.1, 0.15) is 92.7 Å². The predicted molar refractivity (Wildman–Crippen MR) is 275 cm³/mol. The van der Waals surface area contributed by atoms with Gasteiger partial charge in [-0.25, -0.2) is 4.98 Å². The number of benzene rings is 7. The van der Waals surface area contributed by atoms with E-state index in [9.17, 15) is 5.48 Å². The van der Waals surface area contributed by atoms with Gasteiger partial charge in [0.05, 0.1) is 30.4 Å². The van der Waals surface area contributed by atoms with Crippen molar-refractivity contribution in [3.8, 4) is 62.3 Å². The minimum Gasteiger partial charge on any atom is -0.458 e. The molecule has 0 radical (unpaired) electrons. The normalized spacial score (nSPS) is 14.3. The van der Waals surface area contributed by atoms with E-state index in [0.29, 0.717) is 28.6 Å². The number of rotatable bonds is 8. The number of nitrogens with zero attached hydrogens (tertiary/aromatic N) is 5. The van der Waals surface area contributed by atoms with Gasteiger partial charge in [-0.3, -0.25) is 4.57 Å². The second-order valence-corrected chi connectivity index (χ2v) is 20.0. The fourth-order valence-corrected chi connectivity index (χ4v) is 8.42. The van der Waals surface area contributed by atoms with E-state index in [1.807, 2.05) is 72.9 Å². The van der Waals surface area contributed by atoms with Crippen LogP contribution >= 0.6 is 0 Å². The lowest BCUT2D eigenvalue weighted by atomic mass is 9.79. The molecule has 0 atom stereocenters. The van der Waals surface area contributed by atoms with Gasteiger partial charge in [-0.2, -0.15) is 4.68 Å². The highest BCUT2D eigenvalue weighted by atomic mass is 16.5. The SMILES string of the molecule is [2H]c1c([2H])c([2H])c(-c2cccc(-c3c([2H])c([2H])c([2H])c([2H])c3[2H])c2-[n+]2[c-]n(-c3cccc(Oc4ccc5c6ccccc6n(-c6cc(C(C)(C)C)ccn6)c5c4)c3)nc2-c2cc(C(C)(C)C)cc(C(C)(C)C)c2)c([2H])c1[2H]. The summed E-state index contributed by atoms with van der Waals surface area (Å²) in [6, 6.07) is 31.3. The number of pyridine rings is 1. The van der Waals surface area contributed by atoms with Crippen molar-refractivity contribution >= 4 is 21.8 Å². The Kier molecular flexibility index (Phi) is 8.22. The molecule has 0 amide bonds. The molecule has 6 heteroatoms. The van der Waals surface area contributed by atoms with Crippen molar-refractivity contribution < 1.29 is 23.0 Å². The molecule has 10 rings (SSSR count). The Morgan fingerprint density at radius 1 is 0.537 bits per heavy atom. The maximum absolute atomic E-state index is 9.22. The summed E-state index contributed by atoms with van der Waals surface area (Å²) in [4.78, 5) is 4.85. The first-order valence-corrected chi connectivity index (χ1v) is 22.4. The van der Waals surface area contributed by atoms with Gasteiger partial charge in [0.2, 0.25) is 12.2 Å². The molecule has 10 aromatic rings. The van der Waals surface area contributed by atoms with E-state index in [4.69, 9.17) is 23.0 Å². The third-order valence-electron chi connectivity index (χ3n) is 12.1. The van der Waals surface area contributed by atoms with E-state index in [1.165, 1.54) is 4.68 Å². The van der Waals surface area contributed by atoms with Crippen LogP contribution in [-0.2, 0) is 16.2 Å². The third kappa shape index (κ3) is 8.45. The molecule has 0 aliphatic heterocycles. The Hall–Kier alpha value is -7.57. The second kappa shape index (κ2) is 16.7. The summed E-state index contributed by atoms with van der Waals surface area (Å²) in [6.07, 6.45) is 5.28. The second-order valence-electron chi connectivity index (χ2n) is 20.0. The molecule has 0 fully saturated rings. The van der Waals surface area contributed by atoms with E-state index in [0.717, 1.165) is 44.3 Å². The van der Waals surface area contributed by atoms with E-state index < -0.39 is 60.4 Å². The van der Waals surface area contributed by atoms with Crippen LogP contribution in [0.5, 0.6) is 11.5 Å². The minimum absolute atomic E-state index is 0.103. The fourth-order valence-electron chi connectivity index (χ4n) is 8.42. The Bertz CT molecular complexity index is 3870. The van der Waals surface area contributed by atoms with Gasteiger partial charge in [0.25, 0.3) is 0 Å². The average Bonchev–Trinajstić information content (AvgIpc) is 4.02. The largest absolute Gasteiger partial charge is 0.458 e. The first-order valence-electron chi connectivity index (χ1n) is 27.4. The van der Waals surface area contributed by atoms with Crippen molar-refractivity contribution in [1.29, 1.82) is 0 Å². The van der Waals surface area contributed by atoms with Crippen LogP contribution in [0.25, 0.3) is 72.6 Å². The van der Waals surface area contributed by atoms with Crippen molar-refractivity contribution in [2.75, 3.05) is 0 Å².